The van der Waals surface area contributed by atoms with Gasteiger partial charge in [0.2, 0.25) is 15.9 Å². The van der Waals surface area contributed by atoms with E-state index in [1.54, 1.807) is 22.8 Å². The van der Waals surface area contributed by atoms with Crippen LogP contribution in [0.25, 0.3) is 0 Å². The van der Waals surface area contributed by atoms with Gasteiger partial charge in [-0.05, 0) is 54.3 Å². The molecule has 176 valence electrons. The lowest BCUT2D eigenvalue weighted by Gasteiger charge is -2.42. The van der Waals surface area contributed by atoms with Crippen molar-refractivity contribution in [3.63, 3.8) is 0 Å². The Bertz CT molecular complexity index is 1390. The lowest BCUT2D eigenvalue weighted by Crippen LogP contribution is -2.49. The monoisotopic (exact) mass is 497 g/mol. The fourth-order valence-corrected chi connectivity index (χ4v) is 6.61. The number of amides is 1. The molecule has 0 radical (unpaired) electrons. The van der Waals surface area contributed by atoms with Gasteiger partial charge in [0.1, 0.15) is 5.69 Å². The largest absolute Gasteiger partial charge is 0.321 e. The highest BCUT2D eigenvalue weighted by atomic mass is 35.5. The quantitative estimate of drug-likeness (QED) is 0.584. The summed E-state index contributed by atoms with van der Waals surface area (Å²) in [5, 5.41) is 3.23. The highest BCUT2D eigenvalue weighted by Crippen LogP contribution is 2.37. The summed E-state index contributed by atoms with van der Waals surface area (Å²) in [7, 11) is -3.66. The van der Waals surface area contributed by atoms with Crippen LogP contribution in [0, 0.1) is 5.92 Å². The Balaban J connectivity index is 1.36. The number of carbonyl (C=O) groups excluding carboxylic acids is 1. The van der Waals surface area contributed by atoms with Crippen molar-refractivity contribution in [3.8, 4) is 0 Å². The molecule has 0 aliphatic carbocycles. The summed E-state index contributed by atoms with van der Waals surface area (Å²) in [4.78, 5) is 25.8. The number of pyridine rings is 1. The fraction of sp³-hybridized carbons (Fsp3) is 0.280. The van der Waals surface area contributed by atoms with E-state index in [2.05, 4.69) is 5.32 Å². The van der Waals surface area contributed by atoms with Gasteiger partial charge in [0.25, 0.3) is 5.56 Å². The van der Waals surface area contributed by atoms with E-state index in [9.17, 15) is 18.0 Å². The van der Waals surface area contributed by atoms with Gasteiger partial charge in [-0.3, -0.25) is 9.59 Å². The van der Waals surface area contributed by atoms with Crippen LogP contribution in [0.4, 0.5) is 5.69 Å². The van der Waals surface area contributed by atoms with Crippen LogP contribution < -0.4 is 10.9 Å². The van der Waals surface area contributed by atoms with Crippen LogP contribution in [-0.2, 0) is 27.8 Å². The summed E-state index contributed by atoms with van der Waals surface area (Å²) in [6.45, 7) is 1.07. The number of nitrogens with one attached hydrogen (secondary N) is 1. The SMILES string of the molecule is O=C(Cc1ccccc1)Nc1ccc2n(c1=O)C[C@H]1C[C@@H]2CN(S(=O)(=O)c2ccc(Cl)cc2)C1. The van der Waals surface area contributed by atoms with Crippen LogP contribution in [0.15, 0.2) is 76.4 Å². The van der Waals surface area contributed by atoms with Crippen molar-refractivity contribution in [1.29, 1.82) is 0 Å². The van der Waals surface area contributed by atoms with Gasteiger partial charge >= 0.3 is 0 Å². The molecule has 1 aromatic heterocycles. The number of halogens is 1. The van der Waals surface area contributed by atoms with Crippen molar-refractivity contribution in [3.05, 3.63) is 93.4 Å². The number of nitrogens with zero attached hydrogens (tertiary/aromatic N) is 2. The van der Waals surface area contributed by atoms with Gasteiger partial charge in [0.15, 0.2) is 0 Å². The van der Waals surface area contributed by atoms with Crippen molar-refractivity contribution >= 4 is 33.2 Å². The second kappa shape index (κ2) is 9.02. The predicted molar refractivity (Wildman–Crippen MR) is 131 cm³/mol. The van der Waals surface area contributed by atoms with Crippen molar-refractivity contribution in [1.82, 2.24) is 8.87 Å². The number of anilines is 1. The average molecular weight is 498 g/mol. The minimum atomic E-state index is -3.66. The summed E-state index contributed by atoms with van der Waals surface area (Å²) in [5.74, 6) is -0.322. The third kappa shape index (κ3) is 4.41. The number of benzene rings is 2. The molecule has 1 N–H and O–H groups in total. The smallest absolute Gasteiger partial charge is 0.274 e. The molecule has 1 amide bonds. The lowest BCUT2D eigenvalue weighted by atomic mass is 9.84. The molecule has 34 heavy (non-hydrogen) atoms. The molecule has 2 bridgehead atoms. The van der Waals surface area contributed by atoms with Gasteiger partial charge in [-0.15, -0.1) is 0 Å². The average Bonchev–Trinajstić information content (AvgIpc) is 2.82. The molecule has 3 heterocycles. The maximum atomic E-state index is 13.2. The zero-order valence-corrected chi connectivity index (χ0v) is 19.9. The first-order chi connectivity index (χ1) is 16.3. The van der Waals surface area contributed by atoms with Crippen LogP contribution >= 0.6 is 11.6 Å². The Morgan fingerprint density at radius 2 is 1.71 bits per heavy atom. The predicted octanol–water partition coefficient (Wildman–Crippen LogP) is 3.49. The van der Waals surface area contributed by atoms with E-state index in [1.165, 1.54) is 16.4 Å². The number of sulfonamides is 1. The highest BCUT2D eigenvalue weighted by molar-refractivity contribution is 7.89. The molecule has 7 nitrogen and oxygen atoms in total. The maximum Gasteiger partial charge on any atom is 0.274 e. The summed E-state index contributed by atoms with van der Waals surface area (Å²) in [5.41, 5.74) is 1.67. The second-order valence-electron chi connectivity index (χ2n) is 8.87. The highest BCUT2D eigenvalue weighted by Gasteiger charge is 2.39. The number of piperidine rings is 1. The van der Waals surface area contributed by atoms with Crippen molar-refractivity contribution in [2.45, 2.75) is 30.2 Å². The van der Waals surface area contributed by atoms with Gasteiger partial charge in [-0.2, -0.15) is 4.31 Å². The molecule has 2 aromatic carbocycles. The molecule has 2 aliphatic heterocycles. The molecule has 1 fully saturated rings. The Morgan fingerprint density at radius 1 is 0.971 bits per heavy atom. The molecule has 5 rings (SSSR count). The van der Waals surface area contributed by atoms with Crippen molar-refractivity contribution in [2.75, 3.05) is 18.4 Å². The molecular weight excluding hydrogens is 474 g/mol. The van der Waals surface area contributed by atoms with E-state index >= 15 is 0 Å². The molecule has 3 aromatic rings. The van der Waals surface area contributed by atoms with E-state index in [0.29, 0.717) is 24.7 Å². The number of hydrogen-bond donors (Lipinski definition) is 1. The topological polar surface area (TPSA) is 88.5 Å². The minimum Gasteiger partial charge on any atom is -0.321 e. The van der Waals surface area contributed by atoms with Gasteiger partial charge in [0, 0.05) is 36.3 Å². The van der Waals surface area contributed by atoms with Crippen molar-refractivity contribution < 1.29 is 13.2 Å². The van der Waals surface area contributed by atoms with Crippen LogP contribution in [0.5, 0.6) is 0 Å². The number of rotatable bonds is 5. The van der Waals surface area contributed by atoms with E-state index in [-0.39, 0.29) is 40.3 Å². The summed E-state index contributed by atoms with van der Waals surface area (Å²) < 4.78 is 29.6. The molecule has 0 spiro atoms. The van der Waals surface area contributed by atoms with Crippen LogP contribution in [0.1, 0.15) is 23.6 Å². The Labute approximate surface area is 203 Å². The maximum absolute atomic E-state index is 13.2. The number of aromatic nitrogens is 1. The molecule has 0 unspecified atom stereocenters. The summed E-state index contributed by atoms with van der Waals surface area (Å²) in [6, 6.07) is 19.0. The van der Waals surface area contributed by atoms with Gasteiger partial charge in [-0.1, -0.05) is 41.9 Å². The minimum absolute atomic E-state index is 0.0151. The lowest BCUT2D eigenvalue weighted by molar-refractivity contribution is -0.115. The summed E-state index contributed by atoms with van der Waals surface area (Å²) >= 11 is 5.91. The van der Waals surface area contributed by atoms with Crippen molar-refractivity contribution in [2.24, 2.45) is 5.92 Å². The Kier molecular flexibility index (Phi) is 6.06. The first kappa shape index (κ1) is 22.8. The third-order valence-electron chi connectivity index (χ3n) is 6.50. The number of carbonyl (C=O) groups is 1. The zero-order chi connectivity index (χ0) is 23.9. The van der Waals surface area contributed by atoms with Gasteiger partial charge < -0.3 is 9.88 Å². The van der Waals surface area contributed by atoms with E-state index in [4.69, 9.17) is 11.6 Å². The first-order valence-corrected chi connectivity index (χ1v) is 13.0. The molecule has 1 saturated heterocycles. The van der Waals surface area contributed by atoms with Gasteiger partial charge in [-0.25, -0.2) is 8.42 Å². The molecule has 2 atom stereocenters. The van der Waals surface area contributed by atoms with Crippen LogP contribution in [0.2, 0.25) is 5.02 Å². The number of fused-ring (bicyclic) bond motifs is 4. The Morgan fingerprint density at radius 3 is 2.44 bits per heavy atom. The van der Waals surface area contributed by atoms with Crippen LogP contribution in [0.3, 0.4) is 0 Å². The van der Waals surface area contributed by atoms with E-state index in [0.717, 1.165) is 17.7 Å². The molecule has 2 aliphatic rings. The molecular formula is C25H24ClN3O4S. The second-order valence-corrected chi connectivity index (χ2v) is 11.2. The number of hydrogen-bond acceptors (Lipinski definition) is 4. The fourth-order valence-electron chi connectivity index (χ4n) is 4.92. The Hall–Kier alpha value is -2.94. The molecule has 9 heteroatoms. The van der Waals surface area contributed by atoms with E-state index in [1.807, 2.05) is 36.4 Å². The summed E-state index contributed by atoms with van der Waals surface area (Å²) in [6.07, 6.45) is 1.01. The standard InChI is InChI=1S/C25H24ClN3O4S/c26-20-6-8-21(9-7-20)34(32,33)28-14-18-12-19(16-28)23-11-10-22(25(31)29(23)15-18)27-24(30)13-17-4-2-1-3-5-17/h1-11,18-19H,12-16H2,(H,27,30)/t18-,19+/m0/s1. The van der Waals surface area contributed by atoms with Crippen LogP contribution in [-0.4, -0.2) is 36.3 Å². The zero-order valence-electron chi connectivity index (χ0n) is 18.4. The normalized spacial score (nSPS) is 19.9. The van der Waals surface area contributed by atoms with E-state index < -0.39 is 10.0 Å². The molecule has 0 saturated carbocycles. The third-order valence-corrected chi connectivity index (χ3v) is 8.60. The first-order valence-electron chi connectivity index (χ1n) is 11.1. The van der Waals surface area contributed by atoms with Gasteiger partial charge in [0.05, 0.1) is 11.3 Å².